The van der Waals surface area contributed by atoms with Crippen LogP contribution in [0, 0.1) is 5.82 Å². The van der Waals surface area contributed by atoms with Gasteiger partial charge < -0.3 is 0 Å². The lowest BCUT2D eigenvalue weighted by molar-refractivity contribution is -0.0887. The molecule has 0 atom stereocenters. The van der Waals surface area contributed by atoms with E-state index >= 15 is 0 Å². The van der Waals surface area contributed by atoms with Gasteiger partial charge in [0.1, 0.15) is 5.82 Å². The molecule has 1 nitrogen and oxygen atoms in total. The molecule has 0 radical (unpaired) electrons. The number of rotatable bonds is 2. The molecule has 0 heterocycles. The van der Waals surface area contributed by atoms with Gasteiger partial charge in [-0.2, -0.15) is 13.2 Å². The summed E-state index contributed by atoms with van der Waals surface area (Å²) >= 11 is 6.37. The van der Waals surface area contributed by atoms with Gasteiger partial charge in [-0.05, 0) is 18.4 Å². The molecule has 0 fully saturated rings. The van der Waals surface area contributed by atoms with Gasteiger partial charge in [-0.3, -0.25) is 4.79 Å². The number of Topliss-reactive ketones (excluding diaryl/α,β-unsaturated/α-hetero) is 1. The van der Waals surface area contributed by atoms with Crippen LogP contribution in [-0.2, 0) is 0 Å². The summed E-state index contributed by atoms with van der Waals surface area (Å²) in [5.74, 6) is -3.43. The number of hydrogen-bond donors (Lipinski definition) is 0. The van der Waals surface area contributed by atoms with Crippen LogP contribution < -0.4 is 0 Å². The number of hydrogen-bond acceptors (Lipinski definition) is 2. The number of carbonyl (C=O) groups is 1. The summed E-state index contributed by atoms with van der Waals surface area (Å²) in [7, 11) is 0. The van der Waals surface area contributed by atoms with E-state index in [1.165, 1.54) is 6.26 Å². The SMILES string of the molecule is CSc1cc(Cl)cc(C(=O)C(F)(F)F)c1F. The molecule has 0 amide bonds. The zero-order valence-corrected chi connectivity index (χ0v) is 9.43. The predicted octanol–water partition coefficient (Wildman–Crippen LogP) is 3.95. The Morgan fingerprint density at radius 2 is 1.94 bits per heavy atom. The summed E-state index contributed by atoms with van der Waals surface area (Å²) in [4.78, 5) is 10.8. The molecule has 0 aliphatic rings. The first kappa shape index (κ1) is 13.3. The molecular weight excluding hydrogens is 268 g/mol. The van der Waals surface area contributed by atoms with E-state index in [1.807, 2.05) is 0 Å². The highest BCUT2D eigenvalue weighted by Gasteiger charge is 2.41. The van der Waals surface area contributed by atoms with Gasteiger partial charge in [-0.15, -0.1) is 11.8 Å². The Morgan fingerprint density at radius 3 is 2.38 bits per heavy atom. The van der Waals surface area contributed by atoms with E-state index in [-0.39, 0.29) is 9.92 Å². The second-order valence-corrected chi connectivity index (χ2v) is 4.08. The quantitative estimate of drug-likeness (QED) is 0.461. The van der Waals surface area contributed by atoms with Gasteiger partial charge >= 0.3 is 6.18 Å². The molecule has 1 aromatic rings. The molecule has 16 heavy (non-hydrogen) atoms. The highest BCUT2D eigenvalue weighted by Crippen LogP contribution is 2.30. The third-order valence-electron chi connectivity index (χ3n) is 1.73. The molecule has 0 aromatic heterocycles. The van der Waals surface area contributed by atoms with E-state index in [4.69, 9.17) is 11.6 Å². The first-order chi connectivity index (χ1) is 7.27. The van der Waals surface area contributed by atoms with Gasteiger partial charge in [0.25, 0.3) is 5.78 Å². The molecule has 0 N–H and O–H groups in total. The van der Waals surface area contributed by atoms with Crippen molar-refractivity contribution in [2.45, 2.75) is 11.1 Å². The maximum atomic E-state index is 13.4. The van der Waals surface area contributed by atoms with Crippen LogP contribution in [0.3, 0.4) is 0 Å². The normalized spacial score (nSPS) is 11.6. The number of carbonyl (C=O) groups excluding carboxylic acids is 1. The van der Waals surface area contributed by atoms with Gasteiger partial charge in [0, 0.05) is 9.92 Å². The van der Waals surface area contributed by atoms with Crippen molar-refractivity contribution in [2.75, 3.05) is 6.26 Å². The monoisotopic (exact) mass is 272 g/mol. The Bertz CT molecular complexity index is 430. The third kappa shape index (κ3) is 2.68. The van der Waals surface area contributed by atoms with E-state index in [0.29, 0.717) is 6.07 Å². The molecule has 0 saturated heterocycles. The van der Waals surface area contributed by atoms with Gasteiger partial charge in [0.2, 0.25) is 0 Å². The Balaban J connectivity index is 3.34. The first-order valence-electron chi connectivity index (χ1n) is 3.92. The molecule has 7 heteroatoms. The minimum atomic E-state index is -5.11. The van der Waals surface area contributed by atoms with Crippen LogP contribution >= 0.6 is 23.4 Å². The van der Waals surface area contributed by atoms with Crippen LogP contribution in [0.2, 0.25) is 5.02 Å². The van der Waals surface area contributed by atoms with E-state index in [1.54, 1.807) is 0 Å². The number of thioether (sulfide) groups is 1. The average Bonchev–Trinajstić information content (AvgIpc) is 2.18. The van der Waals surface area contributed by atoms with Gasteiger partial charge in [-0.1, -0.05) is 11.6 Å². The molecule has 0 saturated carbocycles. The van der Waals surface area contributed by atoms with Crippen LogP contribution in [0.15, 0.2) is 17.0 Å². The van der Waals surface area contributed by atoms with Crippen molar-refractivity contribution >= 4 is 29.1 Å². The molecule has 1 rings (SSSR count). The van der Waals surface area contributed by atoms with Crippen LogP contribution in [-0.4, -0.2) is 18.2 Å². The van der Waals surface area contributed by atoms with Crippen molar-refractivity contribution in [3.63, 3.8) is 0 Å². The second kappa shape index (κ2) is 4.63. The van der Waals surface area contributed by atoms with E-state index < -0.39 is 23.3 Å². The lowest BCUT2D eigenvalue weighted by Gasteiger charge is -2.09. The number of benzene rings is 1. The average molecular weight is 273 g/mol. The molecule has 0 unspecified atom stereocenters. The number of ketones is 1. The maximum Gasteiger partial charge on any atom is 0.454 e. The van der Waals surface area contributed by atoms with E-state index in [2.05, 4.69) is 0 Å². The lowest BCUT2D eigenvalue weighted by atomic mass is 10.1. The standard InChI is InChI=1S/C9H5ClF4OS/c1-16-6-3-4(10)2-5(7(6)11)8(15)9(12,13)14/h2-3H,1H3. The summed E-state index contributed by atoms with van der Waals surface area (Å²) in [6.45, 7) is 0. The molecule has 0 spiro atoms. The Labute approximate surface area is 97.8 Å². The Morgan fingerprint density at radius 1 is 1.38 bits per heavy atom. The van der Waals surface area contributed by atoms with Crippen molar-refractivity contribution in [3.8, 4) is 0 Å². The lowest BCUT2D eigenvalue weighted by Crippen LogP contribution is -2.24. The topological polar surface area (TPSA) is 17.1 Å². The highest BCUT2D eigenvalue weighted by atomic mass is 35.5. The van der Waals surface area contributed by atoms with Gasteiger partial charge in [0.05, 0.1) is 5.56 Å². The molecular formula is C9H5ClF4OS. The minimum Gasteiger partial charge on any atom is -0.284 e. The van der Waals surface area contributed by atoms with E-state index in [9.17, 15) is 22.4 Å². The van der Waals surface area contributed by atoms with Crippen molar-refractivity contribution < 1.29 is 22.4 Å². The molecule has 0 bridgehead atoms. The largest absolute Gasteiger partial charge is 0.454 e. The fraction of sp³-hybridized carbons (Fsp3) is 0.222. The predicted molar refractivity (Wildman–Crippen MR) is 53.6 cm³/mol. The van der Waals surface area contributed by atoms with Crippen LogP contribution in [0.25, 0.3) is 0 Å². The Hall–Kier alpha value is -0.750. The van der Waals surface area contributed by atoms with Crippen LogP contribution in [0.1, 0.15) is 10.4 Å². The Kier molecular flexibility index (Phi) is 3.85. The number of halogens is 5. The fourth-order valence-corrected chi connectivity index (χ4v) is 1.85. The van der Waals surface area contributed by atoms with Gasteiger partial charge in [0.15, 0.2) is 0 Å². The zero-order chi connectivity index (χ0) is 12.5. The van der Waals surface area contributed by atoms with Crippen molar-refractivity contribution in [1.82, 2.24) is 0 Å². The second-order valence-electron chi connectivity index (χ2n) is 2.80. The molecule has 88 valence electrons. The summed E-state index contributed by atoms with van der Waals surface area (Å²) in [6, 6.07) is 1.83. The smallest absolute Gasteiger partial charge is 0.284 e. The summed E-state index contributed by atoms with van der Waals surface area (Å²) in [5.41, 5.74) is -1.05. The first-order valence-corrected chi connectivity index (χ1v) is 5.52. The van der Waals surface area contributed by atoms with Crippen molar-refractivity contribution in [1.29, 1.82) is 0 Å². The molecule has 1 aromatic carbocycles. The molecule has 0 aliphatic heterocycles. The maximum absolute atomic E-state index is 13.4. The van der Waals surface area contributed by atoms with Crippen LogP contribution in [0.4, 0.5) is 17.6 Å². The van der Waals surface area contributed by atoms with Crippen LogP contribution in [0.5, 0.6) is 0 Å². The van der Waals surface area contributed by atoms with Crippen molar-refractivity contribution in [3.05, 3.63) is 28.5 Å². The third-order valence-corrected chi connectivity index (χ3v) is 2.68. The highest BCUT2D eigenvalue weighted by molar-refractivity contribution is 7.98. The summed E-state index contributed by atoms with van der Waals surface area (Å²) < 4.78 is 49.8. The summed E-state index contributed by atoms with van der Waals surface area (Å²) in [5, 5.41) is -0.113. The number of alkyl halides is 3. The zero-order valence-electron chi connectivity index (χ0n) is 7.86. The molecule has 0 aliphatic carbocycles. The summed E-state index contributed by atoms with van der Waals surface area (Å²) in [6.07, 6.45) is -3.64. The minimum absolute atomic E-state index is 0.0971. The van der Waals surface area contributed by atoms with Crippen molar-refractivity contribution in [2.24, 2.45) is 0 Å². The fourth-order valence-electron chi connectivity index (χ4n) is 1.03. The van der Waals surface area contributed by atoms with Gasteiger partial charge in [-0.25, -0.2) is 4.39 Å². The van der Waals surface area contributed by atoms with E-state index in [0.717, 1.165) is 17.8 Å².